The van der Waals surface area contributed by atoms with Crippen LogP contribution < -0.4 is 0 Å². The number of carbonyl (C=O) groups is 1. The minimum atomic E-state index is -0.154. The van der Waals surface area contributed by atoms with Crippen molar-refractivity contribution in [3.63, 3.8) is 0 Å². The molecule has 1 aromatic rings. The Morgan fingerprint density at radius 1 is 1.20 bits per heavy atom. The van der Waals surface area contributed by atoms with E-state index in [0.717, 1.165) is 13.1 Å². The summed E-state index contributed by atoms with van der Waals surface area (Å²) in [6.07, 6.45) is 0. The van der Waals surface area contributed by atoms with Crippen molar-refractivity contribution in [2.45, 2.75) is 26.3 Å². The first-order valence-corrected chi connectivity index (χ1v) is 7.19. The van der Waals surface area contributed by atoms with Crippen molar-refractivity contribution < 1.29 is 9.90 Å². The zero-order valence-corrected chi connectivity index (χ0v) is 12.9. The van der Waals surface area contributed by atoms with Crippen LogP contribution >= 0.6 is 11.6 Å². The Balaban J connectivity index is 2.07. The van der Waals surface area contributed by atoms with Crippen molar-refractivity contribution in [3.05, 3.63) is 28.8 Å². The van der Waals surface area contributed by atoms with Crippen molar-refractivity contribution in [3.8, 4) is 5.75 Å². The molecular weight excluding hydrogens is 276 g/mol. The molecule has 0 aliphatic carbocycles. The number of rotatable bonds is 1. The van der Waals surface area contributed by atoms with Crippen molar-refractivity contribution in [2.24, 2.45) is 0 Å². The van der Waals surface area contributed by atoms with Gasteiger partial charge in [-0.1, -0.05) is 11.6 Å². The van der Waals surface area contributed by atoms with E-state index in [-0.39, 0.29) is 22.8 Å². The predicted molar refractivity (Wildman–Crippen MR) is 80.3 cm³/mol. The van der Waals surface area contributed by atoms with Gasteiger partial charge >= 0.3 is 0 Å². The van der Waals surface area contributed by atoms with E-state index in [1.807, 2.05) is 0 Å². The fraction of sp³-hybridized carbons (Fsp3) is 0.533. The zero-order chi connectivity index (χ0) is 14.9. The molecule has 1 N–H and O–H groups in total. The van der Waals surface area contributed by atoms with E-state index in [1.54, 1.807) is 11.0 Å². The highest BCUT2D eigenvalue weighted by Crippen LogP contribution is 2.24. The van der Waals surface area contributed by atoms with Crippen molar-refractivity contribution >= 4 is 17.5 Å². The summed E-state index contributed by atoms with van der Waals surface area (Å²) in [6.45, 7) is 9.55. The highest BCUT2D eigenvalue weighted by molar-refractivity contribution is 6.31. The second-order valence-electron chi connectivity index (χ2n) is 6.11. The highest BCUT2D eigenvalue weighted by atomic mass is 35.5. The summed E-state index contributed by atoms with van der Waals surface area (Å²) >= 11 is 5.89. The molecule has 0 bridgehead atoms. The number of nitrogens with zero attached hydrogens (tertiary/aromatic N) is 2. The molecule has 4 nitrogen and oxygen atoms in total. The fourth-order valence-electron chi connectivity index (χ4n) is 2.43. The van der Waals surface area contributed by atoms with Crippen LogP contribution in [0.5, 0.6) is 5.75 Å². The summed E-state index contributed by atoms with van der Waals surface area (Å²) in [5, 5.41) is 10.3. The van der Waals surface area contributed by atoms with Gasteiger partial charge in [-0.25, -0.2) is 0 Å². The van der Waals surface area contributed by atoms with E-state index in [0.29, 0.717) is 18.1 Å². The lowest BCUT2D eigenvalue weighted by Gasteiger charge is -2.42. The maximum atomic E-state index is 12.4. The molecule has 1 amide bonds. The summed E-state index contributed by atoms with van der Waals surface area (Å²) in [7, 11) is 0. The maximum Gasteiger partial charge on any atom is 0.257 e. The van der Waals surface area contributed by atoms with Gasteiger partial charge in [0.05, 0.1) is 5.56 Å². The molecule has 110 valence electrons. The molecule has 0 aromatic heterocycles. The lowest BCUT2D eigenvalue weighted by molar-refractivity contribution is 0.0449. The normalized spacial score (nSPS) is 17.3. The van der Waals surface area contributed by atoms with Crippen molar-refractivity contribution in [2.75, 3.05) is 26.2 Å². The second-order valence-corrected chi connectivity index (χ2v) is 6.55. The Morgan fingerprint density at radius 3 is 2.35 bits per heavy atom. The summed E-state index contributed by atoms with van der Waals surface area (Å²) in [4.78, 5) is 16.5. The fourth-order valence-corrected chi connectivity index (χ4v) is 2.60. The monoisotopic (exact) mass is 296 g/mol. The van der Waals surface area contributed by atoms with Gasteiger partial charge in [0.15, 0.2) is 0 Å². The number of hydrogen-bond donors (Lipinski definition) is 1. The van der Waals surface area contributed by atoms with Crippen LogP contribution in [0.2, 0.25) is 5.02 Å². The zero-order valence-electron chi connectivity index (χ0n) is 12.2. The molecule has 0 atom stereocenters. The van der Waals surface area contributed by atoms with Crippen LogP contribution in [0.4, 0.5) is 0 Å². The third-order valence-corrected chi connectivity index (χ3v) is 3.94. The number of hydrogen-bond acceptors (Lipinski definition) is 3. The number of carbonyl (C=O) groups excluding carboxylic acids is 1. The van der Waals surface area contributed by atoms with Gasteiger partial charge in [0.2, 0.25) is 0 Å². The van der Waals surface area contributed by atoms with Crippen LogP contribution in [0.25, 0.3) is 0 Å². The lowest BCUT2D eigenvalue weighted by Crippen LogP contribution is -2.54. The number of benzene rings is 1. The maximum absolute atomic E-state index is 12.4. The third kappa shape index (κ3) is 3.25. The average molecular weight is 297 g/mol. The second kappa shape index (κ2) is 5.62. The number of phenols is 1. The molecule has 1 fully saturated rings. The van der Waals surface area contributed by atoms with Crippen LogP contribution in [-0.2, 0) is 0 Å². The van der Waals surface area contributed by atoms with Gasteiger partial charge < -0.3 is 10.0 Å². The van der Waals surface area contributed by atoms with E-state index in [9.17, 15) is 9.90 Å². The molecule has 1 aromatic carbocycles. The molecule has 2 rings (SSSR count). The first-order chi connectivity index (χ1) is 9.29. The van der Waals surface area contributed by atoms with E-state index in [1.165, 1.54) is 12.1 Å². The highest BCUT2D eigenvalue weighted by Gasteiger charge is 2.29. The Bertz CT molecular complexity index is 503. The molecule has 1 aliphatic rings. The van der Waals surface area contributed by atoms with E-state index in [4.69, 9.17) is 11.6 Å². The largest absolute Gasteiger partial charge is 0.507 e. The van der Waals surface area contributed by atoms with Gasteiger partial charge in [-0.15, -0.1) is 0 Å². The molecule has 0 spiro atoms. The Hall–Kier alpha value is -1.26. The molecule has 1 saturated heterocycles. The average Bonchev–Trinajstić information content (AvgIpc) is 2.40. The number of amides is 1. The first-order valence-electron chi connectivity index (χ1n) is 6.82. The summed E-state index contributed by atoms with van der Waals surface area (Å²) in [5.74, 6) is -0.170. The van der Waals surface area contributed by atoms with Gasteiger partial charge in [0, 0.05) is 36.7 Å². The van der Waals surface area contributed by atoms with E-state index < -0.39 is 0 Å². The number of piperazine rings is 1. The topological polar surface area (TPSA) is 43.8 Å². The minimum Gasteiger partial charge on any atom is -0.507 e. The molecule has 0 radical (unpaired) electrons. The van der Waals surface area contributed by atoms with Crippen LogP contribution in [0.3, 0.4) is 0 Å². The van der Waals surface area contributed by atoms with E-state index in [2.05, 4.69) is 25.7 Å². The summed E-state index contributed by atoms with van der Waals surface area (Å²) in [5.41, 5.74) is 0.398. The quantitative estimate of drug-likeness (QED) is 0.866. The van der Waals surface area contributed by atoms with Gasteiger partial charge in [0.1, 0.15) is 5.75 Å². The number of aromatic hydroxyl groups is 1. The van der Waals surface area contributed by atoms with Crippen LogP contribution in [-0.4, -0.2) is 52.5 Å². The molecule has 1 aliphatic heterocycles. The summed E-state index contributed by atoms with van der Waals surface area (Å²) < 4.78 is 0. The van der Waals surface area contributed by atoms with Gasteiger partial charge in [-0.2, -0.15) is 0 Å². The van der Waals surface area contributed by atoms with Gasteiger partial charge in [0.25, 0.3) is 5.91 Å². The minimum absolute atomic E-state index is 0.0161. The van der Waals surface area contributed by atoms with Gasteiger partial charge in [-0.05, 0) is 39.0 Å². The Morgan fingerprint density at radius 2 is 1.80 bits per heavy atom. The Labute approximate surface area is 124 Å². The van der Waals surface area contributed by atoms with Crippen LogP contribution in [0.15, 0.2) is 18.2 Å². The first kappa shape index (κ1) is 15.1. The van der Waals surface area contributed by atoms with Gasteiger partial charge in [-0.3, -0.25) is 9.69 Å². The third-order valence-electron chi connectivity index (χ3n) is 3.70. The number of phenolic OH excluding ortho intramolecular Hbond substituents is 1. The lowest BCUT2D eigenvalue weighted by atomic mass is 10.0. The molecule has 0 unspecified atom stereocenters. The van der Waals surface area contributed by atoms with Crippen molar-refractivity contribution in [1.82, 2.24) is 9.80 Å². The number of halogens is 1. The van der Waals surface area contributed by atoms with E-state index >= 15 is 0 Å². The summed E-state index contributed by atoms with van der Waals surface area (Å²) in [6, 6.07) is 4.56. The molecule has 1 heterocycles. The SMILES string of the molecule is CC(C)(C)N1CCN(C(=O)c2cc(Cl)ccc2O)CC1. The predicted octanol–water partition coefficient (Wildman–Crippen LogP) is 2.60. The smallest absolute Gasteiger partial charge is 0.257 e. The van der Waals surface area contributed by atoms with Crippen LogP contribution in [0.1, 0.15) is 31.1 Å². The molecule has 5 heteroatoms. The van der Waals surface area contributed by atoms with Crippen molar-refractivity contribution in [1.29, 1.82) is 0 Å². The molecular formula is C15H21ClN2O2. The molecule has 0 saturated carbocycles. The van der Waals surface area contributed by atoms with Crippen LogP contribution in [0, 0.1) is 0 Å². The molecule has 20 heavy (non-hydrogen) atoms. The Kier molecular flexibility index (Phi) is 4.25. The standard InChI is InChI=1S/C15H21ClN2O2/c1-15(2,3)18-8-6-17(7-9-18)14(20)12-10-11(16)4-5-13(12)19/h4-5,10,19H,6-9H2,1-3H3.